The van der Waals surface area contributed by atoms with Crippen LogP contribution in [0.15, 0.2) is 0 Å². The standard InChI is InChI=1S/C34H58F2N4O8/c1-20-12-33(6,45-10)29(48-30-27(42)24(37(7)8)11-21(2)47-30)22(3)28(43)32(4,5)31(44)46-17-25(38(9)13-20)23-14-40(15-23)26(41)16-39-18-34(35,36)19-39/h20-25,27,29-30,42H,11-19H2,1-10H3/t20-,21-,22+,24+,25?,27-,29-,30+,33-/m1/s1. The fourth-order valence-electron chi connectivity index (χ4n) is 8.03. The van der Waals surface area contributed by atoms with Crippen LogP contribution in [0, 0.1) is 23.2 Å². The number of amides is 1. The lowest BCUT2D eigenvalue weighted by molar-refractivity contribution is -0.295. The van der Waals surface area contributed by atoms with Gasteiger partial charge in [-0.05, 0) is 67.6 Å². The number of carbonyl (C=O) groups excluding carboxylic acids is 3. The van der Waals surface area contributed by atoms with Crippen LogP contribution < -0.4 is 0 Å². The summed E-state index contributed by atoms with van der Waals surface area (Å²) in [6.07, 6.45) is -1.98. The Labute approximate surface area is 284 Å². The lowest BCUT2D eigenvalue weighted by Crippen LogP contribution is -2.63. The zero-order valence-corrected chi connectivity index (χ0v) is 30.4. The van der Waals surface area contributed by atoms with Crippen molar-refractivity contribution in [2.24, 2.45) is 23.2 Å². The molecule has 12 nitrogen and oxygen atoms in total. The predicted molar refractivity (Wildman–Crippen MR) is 173 cm³/mol. The Balaban J connectivity index is 1.55. The number of halogens is 2. The lowest BCUT2D eigenvalue weighted by atomic mass is 9.74. The zero-order valence-electron chi connectivity index (χ0n) is 30.4. The smallest absolute Gasteiger partial charge is 0.319 e. The molecule has 1 amide bonds. The molecular weight excluding hydrogens is 630 g/mol. The van der Waals surface area contributed by atoms with Crippen molar-refractivity contribution in [3.63, 3.8) is 0 Å². The van der Waals surface area contributed by atoms with Gasteiger partial charge < -0.3 is 33.9 Å². The normalized spacial score (nSPS) is 39.1. The van der Waals surface area contributed by atoms with Gasteiger partial charge in [-0.2, -0.15) is 0 Å². The van der Waals surface area contributed by atoms with E-state index in [9.17, 15) is 28.3 Å². The third-order valence-electron chi connectivity index (χ3n) is 11.0. The minimum absolute atomic E-state index is 0.0129. The predicted octanol–water partition coefficient (Wildman–Crippen LogP) is 1.73. The molecule has 4 heterocycles. The lowest BCUT2D eigenvalue weighted by Gasteiger charge is -2.48. The second kappa shape index (κ2) is 14.8. The molecule has 4 fully saturated rings. The van der Waals surface area contributed by atoms with Crippen molar-refractivity contribution >= 4 is 17.7 Å². The fourth-order valence-corrected chi connectivity index (χ4v) is 8.03. The topological polar surface area (TPSA) is 121 Å². The largest absolute Gasteiger partial charge is 0.463 e. The highest BCUT2D eigenvalue weighted by Gasteiger charge is 2.52. The van der Waals surface area contributed by atoms with E-state index in [0.717, 1.165) is 0 Å². The van der Waals surface area contributed by atoms with E-state index in [1.54, 1.807) is 32.8 Å². The number of rotatable bonds is 7. The van der Waals surface area contributed by atoms with Gasteiger partial charge in [0.1, 0.15) is 18.1 Å². The Bertz CT molecular complexity index is 1160. The number of methoxy groups -OCH3 is 1. The van der Waals surface area contributed by atoms with E-state index >= 15 is 0 Å². The molecule has 14 heteroatoms. The Kier molecular flexibility index (Phi) is 12.0. The SMILES string of the molecule is CO[C@]1(C)C[C@@H](C)CN(C)C(C2CN(C(=O)CN3CC(F)(F)C3)C2)COC(=O)C(C)(C)C(=O)[C@H](C)[C@H]1O[C@@H]1O[C@H](C)C[C@H](N(C)C)[C@H]1O. The van der Waals surface area contributed by atoms with E-state index in [-0.39, 0.29) is 54.9 Å². The summed E-state index contributed by atoms with van der Waals surface area (Å²) in [7, 11) is 7.31. The molecule has 4 aliphatic rings. The number of likely N-dealkylation sites (tertiary alicyclic amines) is 2. The summed E-state index contributed by atoms with van der Waals surface area (Å²) < 4.78 is 51.3. The second-order valence-electron chi connectivity index (χ2n) is 15.9. The van der Waals surface area contributed by atoms with Crippen LogP contribution in [-0.2, 0) is 33.3 Å². The number of likely N-dealkylation sites (N-methyl/N-ethyl adjacent to an activating group) is 2. The number of esters is 1. The summed E-state index contributed by atoms with van der Waals surface area (Å²) in [5, 5.41) is 11.3. The van der Waals surface area contributed by atoms with Crippen LogP contribution in [0.4, 0.5) is 8.78 Å². The number of aliphatic hydroxyl groups is 1. The van der Waals surface area contributed by atoms with Gasteiger partial charge in [-0.3, -0.25) is 24.2 Å². The first-order valence-electron chi connectivity index (χ1n) is 17.2. The monoisotopic (exact) mass is 688 g/mol. The van der Waals surface area contributed by atoms with Gasteiger partial charge in [-0.25, -0.2) is 8.78 Å². The molecule has 4 aliphatic heterocycles. The van der Waals surface area contributed by atoms with Crippen LogP contribution >= 0.6 is 0 Å². The third kappa shape index (κ3) is 8.38. The summed E-state index contributed by atoms with van der Waals surface area (Å²) in [5.41, 5.74) is -2.53. The van der Waals surface area contributed by atoms with Crippen LogP contribution in [0.1, 0.15) is 54.4 Å². The van der Waals surface area contributed by atoms with Crippen molar-refractivity contribution in [3.8, 4) is 0 Å². The summed E-state index contributed by atoms with van der Waals surface area (Å²) in [6.45, 7) is 11.3. The van der Waals surface area contributed by atoms with Crippen LogP contribution in [0.2, 0.25) is 0 Å². The van der Waals surface area contributed by atoms with Crippen LogP contribution in [0.3, 0.4) is 0 Å². The molecule has 9 atom stereocenters. The van der Waals surface area contributed by atoms with Crippen molar-refractivity contribution in [1.29, 1.82) is 0 Å². The minimum atomic E-state index is -2.73. The number of ether oxygens (including phenoxy) is 4. The van der Waals surface area contributed by atoms with Crippen LogP contribution in [-0.4, -0.2) is 165 Å². The minimum Gasteiger partial charge on any atom is -0.463 e. The number of carbonyl (C=O) groups is 3. The molecule has 4 rings (SSSR count). The maximum atomic E-state index is 14.2. The van der Waals surface area contributed by atoms with E-state index < -0.39 is 60.4 Å². The van der Waals surface area contributed by atoms with Gasteiger partial charge in [-0.1, -0.05) is 13.8 Å². The van der Waals surface area contributed by atoms with E-state index in [1.807, 2.05) is 39.9 Å². The summed E-state index contributed by atoms with van der Waals surface area (Å²) in [5.74, 6) is -4.79. The molecule has 0 aromatic heterocycles. The molecule has 4 saturated heterocycles. The molecule has 1 unspecified atom stereocenters. The van der Waals surface area contributed by atoms with E-state index in [0.29, 0.717) is 32.5 Å². The molecular formula is C34H58F2N4O8. The maximum Gasteiger partial charge on any atom is 0.319 e. The number of alkyl halides is 2. The van der Waals surface area contributed by atoms with Crippen molar-refractivity contribution in [2.45, 2.75) is 103 Å². The highest BCUT2D eigenvalue weighted by molar-refractivity contribution is 6.04. The number of nitrogens with zero attached hydrogens (tertiary/aromatic N) is 4. The molecule has 48 heavy (non-hydrogen) atoms. The zero-order chi connectivity index (χ0) is 35.9. The molecule has 0 aliphatic carbocycles. The van der Waals surface area contributed by atoms with Crippen LogP contribution in [0.25, 0.3) is 0 Å². The first-order valence-corrected chi connectivity index (χ1v) is 17.2. The second-order valence-corrected chi connectivity index (χ2v) is 15.9. The van der Waals surface area contributed by atoms with E-state index in [4.69, 9.17) is 18.9 Å². The van der Waals surface area contributed by atoms with Gasteiger partial charge in [0.2, 0.25) is 5.91 Å². The number of cyclic esters (lactones) is 1. The van der Waals surface area contributed by atoms with Gasteiger partial charge in [0.05, 0.1) is 37.4 Å². The van der Waals surface area contributed by atoms with Crippen molar-refractivity contribution in [3.05, 3.63) is 0 Å². The fraction of sp³-hybridized carbons (Fsp3) is 0.912. The molecule has 0 aromatic rings. The summed E-state index contributed by atoms with van der Waals surface area (Å²) in [4.78, 5) is 47.8. The average molecular weight is 689 g/mol. The first kappa shape index (κ1) is 39.0. The van der Waals surface area contributed by atoms with Crippen molar-refractivity contribution in [1.82, 2.24) is 19.6 Å². The number of Topliss-reactive ketones (excluding diaryl/α,β-unsaturated/α-hetero) is 1. The van der Waals surface area contributed by atoms with Gasteiger partial charge in [-0.15, -0.1) is 0 Å². The maximum absolute atomic E-state index is 14.2. The van der Waals surface area contributed by atoms with Gasteiger partial charge in [0.15, 0.2) is 12.1 Å². The summed E-state index contributed by atoms with van der Waals surface area (Å²) in [6, 6.07) is -0.462. The number of hydrogen-bond acceptors (Lipinski definition) is 11. The van der Waals surface area contributed by atoms with Gasteiger partial charge in [0, 0.05) is 50.7 Å². The number of ketones is 1. The van der Waals surface area contributed by atoms with Crippen molar-refractivity contribution < 1.29 is 47.2 Å². The Morgan fingerprint density at radius 1 is 1.08 bits per heavy atom. The highest BCUT2D eigenvalue weighted by Crippen LogP contribution is 2.39. The quantitative estimate of drug-likeness (QED) is 0.311. The number of hydrogen-bond donors (Lipinski definition) is 1. The molecule has 0 aromatic carbocycles. The molecule has 0 radical (unpaired) electrons. The molecule has 276 valence electrons. The Morgan fingerprint density at radius 2 is 1.71 bits per heavy atom. The van der Waals surface area contributed by atoms with Gasteiger partial charge in [0.25, 0.3) is 5.92 Å². The van der Waals surface area contributed by atoms with Gasteiger partial charge >= 0.3 is 5.97 Å². The number of aliphatic hydroxyl groups excluding tert-OH is 1. The Hall–Kier alpha value is -1.81. The molecule has 0 bridgehead atoms. The average Bonchev–Trinajstić information content (AvgIpc) is 2.95. The van der Waals surface area contributed by atoms with Crippen molar-refractivity contribution in [2.75, 3.05) is 74.1 Å². The summed E-state index contributed by atoms with van der Waals surface area (Å²) >= 11 is 0. The third-order valence-corrected chi connectivity index (χ3v) is 11.0. The molecule has 0 spiro atoms. The van der Waals surface area contributed by atoms with E-state index in [1.165, 1.54) is 4.90 Å². The molecule has 1 N–H and O–H groups in total. The highest BCUT2D eigenvalue weighted by atomic mass is 19.3. The van der Waals surface area contributed by atoms with Crippen LogP contribution in [0.5, 0.6) is 0 Å². The Morgan fingerprint density at radius 3 is 2.27 bits per heavy atom. The first-order chi connectivity index (χ1) is 22.2. The molecule has 0 saturated carbocycles. The van der Waals surface area contributed by atoms with E-state index in [2.05, 4.69) is 11.8 Å².